The van der Waals surface area contributed by atoms with Crippen LogP contribution in [0.3, 0.4) is 0 Å². The number of para-hydroxylation sites is 1. The number of rotatable bonds is 7. The second kappa shape index (κ2) is 8.59. The third-order valence-corrected chi connectivity index (χ3v) is 5.77. The smallest absolute Gasteiger partial charge is 0.196 e. The van der Waals surface area contributed by atoms with Gasteiger partial charge in [0.1, 0.15) is 11.5 Å². The Hall–Kier alpha value is -3.32. The van der Waals surface area contributed by atoms with Crippen LogP contribution in [0.1, 0.15) is 28.6 Å². The van der Waals surface area contributed by atoms with Crippen molar-refractivity contribution in [2.24, 2.45) is 0 Å². The summed E-state index contributed by atoms with van der Waals surface area (Å²) in [4.78, 5) is 11.8. The number of furan rings is 1. The Morgan fingerprint density at radius 1 is 1.13 bits per heavy atom. The Morgan fingerprint density at radius 2 is 1.93 bits per heavy atom. The average Bonchev–Trinajstić information content (AvgIpc) is 3.38. The van der Waals surface area contributed by atoms with Gasteiger partial charge in [0, 0.05) is 22.6 Å². The molecule has 0 aliphatic heterocycles. The van der Waals surface area contributed by atoms with Crippen LogP contribution in [0.4, 0.5) is 0 Å². The first kappa shape index (κ1) is 20.0. The first-order valence-corrected chi connectivity index (χ1v) is 10.4. The second-order valence-electron chi connectivity index (χ2n) is 6.74. The maximum atomic E-state index is 11.8. The van der Waals surface area contributed by atoms with Crippen molar-refractivity contribution in [2.75, 3.05) is 7.11 Å². The molecule has 30 heavy (non-hydrogen) atoms. The van der Waals surface area contributed by atoms with Crippen LogP contribution in [0.2, 0.25) is 0 Å². The average molecular weight is 420 g/mol. The molecular formula is C23H21N3O3S. The summed E-state index contributed by atoms with van der Waals surface area (Å²) in [5.41, 5.74) is 3.45. The molecule has 0 unspecified atom stereocenters. The van der Waals surface area contributed by atoms with Crippen molar-refractivity contribution in [3.63, 3.8) is 0 Å². The summed E-state index contributed by atoms with van der Waals surface area (Å²) in [5, 5.41) is 9.63. The normalized spacial score (nSPS) is 10.9. The van der Waals surface area contributed by atoms with Crippen molar-refractivity contribution >= 4 is 17.5 Å². The fraction of sp³-hybridized carbons (Fsp3) is 0.174. The summed E-state index contributed by atoms with van der Waals surface area (Å²) in [5.74, 6) is 2.85. The van der Waals surface area contributed by atoms with E-state index in [9.17, 15) is 4.79 Å². The van der Waals surface area contributed by atoms with Crippen LogP contribution in [0.15, 0.2) is 70.4 Å². The molecule has 7 heteroatoms. The molecule has 4 rings (SSSR count). The summed E-state index contributed by atoms with van der Waals surface area (Å²) < 4.78 is 13.0. The van der Waals surface area contributed by atoms with E-state index in [4.69, 9.17) is 9.15 Å². The fourth-order valence-electron chi connectivity index (χ4n) is 3.22. The van der Waals surface area contributed by atoms with Gasteiger partial charge in [-0.2, -0.15) is 0 Å². The maximum Gasteiger partial charge on any atom is 0.196 e. The number of nitrogens with zero attached hydrogens (tertiary/aromatic N) is 3. The highest BCUT2D eigenvalue weighted by molar-refractivity contribution is 7.98. The highest BCUT2D eigenvalue weighted by atomic mass is 32.2. The zero-order valence-electron chi connectivity index (χ0n) is 17.0. The van der Waals surface area contributed by atoms with Gasteiger partial charge in [-0.3, -0.25) is 9.36 Å². The SMILES string of the molecule is COc1ccc(C(C)=O)cc1CSc1nnc(-c2ccoc2C)n1-c1ccccc1. The summed E-state index contributed by atoms with van der Waals surface area (Å²) >= 11 is 1.54. The van der Waals surface area contributed by atoms with Crippen molar-refractivity contribution in [3.05, 3.63) is 77.7 Å². The number of hydrogen-bond donors (Lipinski definition) is 0. The molecule has 0 spiro atoms. The third kappa shape index (κ3) is 3.89. The highest BCUT2D eigenvalue weighted by Crippen LogP contribution is 2.33. The molecule has 0 N–H and O–H groups in total. The number of carbonyl (C=O) groups excluding carboxylic acids is 1. The molecule has 2 aromatic carbocycles. The van der Waals surface area contributed by atoms with E-state index >= 15 is 0 Å². The maximum absolute atomic E-state index is 11.8. The molecule has 0 atom stereocenters. The van der Waals surface area contributed by atoms with Gasteiger partial charge in [0.2, 0.25) is 0 Å². The third-order valence-electron chi connectivity index (χ3n) is 4.79. The van der Waals surface area contributed by atoms with Crippen LogP contribution in [0.25, 0.3) is 17.1 Å². The van der Waals surface area contributed by atoms with E-state index < -0.39 is 0 Å². The van der Waals surface area contributed by atoms with Crippen LogP contribution in [0, 0.1) is 6.92 Å². The van der Waals surface area contributed by atoms with Gasteiger partial charge in [0.25, 0.3) is 0 Å². The topological polar surface area (TPSA) is 70.2 Å². The molecule has 0 aliphatic carbocycles. The Balaban J connectivity index is 1.72. The molecule has 0 amide bonds. The number of methoxy groups -OCH3 is 1. The Kier molecular flexibility index (Phi) is 5.72. The molecule has 0 saturated carbocycles. The van der Waals surface area contributed by atoms with Crippen molar-refractivity contribution in [2.45, 2.75) is 24.8 Å². The van der Waals surface area contributed by atoms with E-state index in [1.165, 1.54) is 11.8 Å². The van der Waals surface area contributed by atoms with E-state index in [-0.39, 0.29) is 5.78 Å². The van der Waals surface area contributed by atoms with Crippen LogP contribution in [0.5, 0.6) is 5.75 Å². The van der Waals surface area contributed by atoms with Gasteiger partial charge in [-0.15, -0.1) is 10.2 Å². The lowest BCUT2D eigenvalue weighted by molar-refractivity contribution is 0.101. The highest BCUT2D eigenvalue weighted by Gasteiger charge is 2.19. The lowest BCUT2D eigenvalue weighted by Crippen LogP contribution is -2.00. The molecule has 0 fully saturated rings. The molecule has 2 heterocycles. The first-order chi connectivity index (χ1) is 14.6. The summed E-state index contributed by atoms with van der Waals surface area (Å²) in [6.07, 6.45) is 1.65. The van der Waals surface area contributed by atoms with Gasteiger partial charge in [0.15, 0.2) is 16.8 Å². The first-order valence-electron chi connectivity index (χ1n) is 9.44. The van der Waals surface area contributed by atoms with Gasteiger partial charge in [-0.1, -0.05) is 30.0 Å². The van der Waals surface area contributed by atoms with Gasteiger partial charge >= 0.3 is 0 Å². The number of Topliss-reactive ketones (excluding diaryl/α,β-unsaturated/α-hetero) is 1. The molecule has 0 bridgehead atoms. The van der Waals surface area contributed by atoms with E-state index in [2.05, 4.69) is 10.2 Å². The van der Waals surface area contributed by atoms with Crippen molar-refractivity contribution in [3.8, 4) is 22.8 Å². The lowest BCUT2D eigenvalue weighted by atomic mass is 10.1. The van der Waals surface area contributed by atoms with Crippen LogP contribution < -0.4 is 4.74 Å². The predicted octanol–water partition coefficient (Wildman–Crippen LogP) is 5.34. The number of hydrogen-bond acceptors (Lipinski definition) is 6. The number of ketones is 1. The monoisotopic (exact) mass is 419 g/mol. The molecule has 0 radical (unpaired) electrons. The Labute approximate surface area is 178 Å². The molecule has 152 valence electrons. The van der Waals surface area contributed by atoms with Gasteiger partial charge in [-0.25, -0.2) is 0 Å². The number of thioether (sulfide) groups is 1. The van der Waals surface area contributed by atoms with Crippen molar-refractivity contribution in [1.82, 2.24) is 14.8 Å². The largest absolute Gasteiger partial charge is 0.496 e. The quantitative estimate of drug-likeness (QED) is 0.297. The molecular weight excluding hydrogens is 398 g/mol. The Bertz CT molecular complexity index is 1180. The van der Waals surface area contributed by atoms with E-state index in [1.54, 1.807) is 26.4 Å². The fourth-order valence-corrected chi connectivity index (χ4v) is 4.15. The van der Waals surface area contributed by atoms with Gasteiger partial charge < -0.3 is 9.15 Å². The minimum Gasteiger partial charge on any atom is -0.496 e. The van der Waals surface area contributed by atoms with Gasteiger partial charge in [0.05, 0.1) is 18.9 Å². The molecule has 0 aliphatic rings. The lowest BCUT2D eigenvalue weighted by Gasteiger charge is -2.12. The van der Waals surface area contributed by atoms with Crippen molar-refractivity contribution in [1.29, 1.82) is 0 Å². The molecule has 2 aromatic heterocycles. The standard InChI is InChI=1S/C23H21N3O3S/c1-15(27)17-9-10-21(28-3)18(13-17)14-30-23-25-24-22(20-11-12-29-16(20)2)26(23)19-7-5-4-6-8-19/h4-13H,14H2,1-3H3. The van der Waals surface area contributed by atoms with Crippen LogP contribution >= 0.6 is 11.8 Å². The van der Waals surface area contributed by atoms with E-state index in [1.807, 2.05) is 60.0 Å². The van der Waals surface area contributed by atoms with Gasteiger partial charge in [-0.05, 0) is 50.2 Å². The van der Waals surface area contributed by atoms with E-state index in [0.717, 1.165) is 39.3 Å². The number of aryl methyl sites for hydroxylation is 1. The predicted molar refractivity (Wildman–Crippen MR) is 116 cm³/mol. The number of aromatic nitrogens is 3. The summed E-state index contributed by atoms with van der Waals surface area (Å²) in [6, 6.07) is 17.3. The minimum absolute atomic E-state index is 0.0223. The number of ether oxygens (including phenoxy) is 1. The second-order valence-corrected chi connectivity index (χ2v) is 7.68. The van der Waals surface area contributed by atoms with E-state index in [0.29, 0.717) is 11.3 Å². The number of carbonyl (C=O) groups is 1. The van der Waals surface area contributed by atoms with Crippen LogP contribution in [-0.4, -0.2) is 27.7 Å². The molecule has 4 aromatic rings. The summed E-state index contributed by atoms with van der Waals surface area (Å²) in [7, 11) is 1.63. The number of benzene rings is 2. The molecule has 6 nitrogen and oxygen atoms in total. The zero-order valence-corrected chi connectivity index (χ0v) is 17.8. The zero-order chi connectivity index (χ0) is 21.1. The minimum atomic E-state index is 0.0223. The van der Waals surface area contributed by atoms with Crippen molar-refractivity contribution < 1.29 is 13.9 Å². The summed E-state index contributed by atoms with van der Waals surface area (Å²) in [6.45, 7) is 3.47. The Morgan fingerprint density at radius 3 is 2.60 bits per heavy atom. The van der Waals surface area contributed by atoms with Crippen LogP contribution in [-0.2, 0) is 5.75 Å². The molecule has 0 saturated heterocycles.